The van der Waals surface area contributed by atoms with Crippen LogP contribution in [-0.2, 0) is 25.1 Å². The Morgan fingerprint density at radius 1 is 0.949 bits per heavy atom. The van der Waals surface area contributed by atoms with Crippen molar-refractivity contribution in [2.75, 3.05) is 28.4 Å². The van der Waals surface area contributed by atoms with E-state index in [0.717, 1.165) is 12.1 Å². The topological polar surface area (TPSA) is 194 Å². The van der Waals surface area contributed by atoms with Crippen molar-refractivity contribution in [3.05, 3.63) is 66.7 Å². The van der Waals surface area contributed by atoms with E-state index in [0.29, 0.717) is 16.5 Å². The number of hydrogen-bond acceptors (Lipinski definition) is 12. The predicted octanol–water partition coefficient (Wildman–Crippen LogP) is 2.78. The molecule has 39 heavy (non-hydrogen) atoms. The first-order valence-electron chi connectivity index (χ1n) is 9.85. The summed E-state index contributed by atoms with van der Waals surface area (Å²) in [5.74, 6) is -0.835. The van der Waals surface area contributed by atoms with Crippen LogP contribution in [-0.4, -0.2) is 81.9 Å². The summed E-state index contributed by atoms with van der Waals surface area (Å²) in [5, 5.41) is 21.8. The summed E-state index contributed by atoms with van der Waals surface area (Å²) < 4.78 is 28.2. The van der Waals surface area contributed by atoms with Gasteiger partial charge in [-0.3, -0.25) is 20.2 Å². The van der Waals surface area contributed by atoms with Crippen molar-refractivity contribution in [1.29, 1.82) is 4.78 Å². The van der Waals surface area contributed by atoms with E-state index >= 15 is 0 Å². The number of alkyl halides is 1. The Labute approximate surface area is 246 Å². The Bertz CT molecular complexity index is 1290. The van der Waals surface area contributed by atoms with Crippen molar-refractivity contribution in [1.82, 2.24) is 0 Å². The van der Waals surface area contributed by atoms with Crippen molar-refractivity contribution in [2.45, 2.75) is 12.3 Å². The molecular weight excluding hydrogens is 617 g/mol. The number of aryl methyl sites for hydroxylation is 1. The van der Waals surface area contributed by atoms with E-state index in [1.807, 2.05) is 0 Å². The molecule has 0 amide bonds. The second-order valence-corrected chi connectivity index (χ2v) is 7.97. The van der Waals surface area contributed by atoms with Crippen molar-refractivity contribution in [3.63, 3.8) is 0 Å². The first kappa shape index (κ1) is 38.0. The van der Waals surface area contributed by atoms with Gasteiger partial charge in [-0.1, -0.05) is 15.9 Å². The zero-order valence-corrected chi connectivity index (χ0v) is 26.3. The zero-order chi connectivity index (χ0) is 29.6. The van der Waals surface area contributed by atoms with Gasteiger partial charge in [0.15, 0.2) is 0 Å². The second-order valence-electron chi connectivity index (χ2n) is 6.57. The maximum atomic E-state index is 11.4. The third-order valence-corrected chi connectivity index (χ3v) is 5.21. The maximum absolute atomic E-state index is 11.4. The van der Waals surface area contributed by atoms with Crippen LogP contribution < -0.4 is 9.47 Å². The van der Waals surface area contributed by atoms with Gasteiger partial charge in [0.1, 0.15) is 40.0 Å². The molecule has 0 aliphatic rings. The van der Waals surface area contributed by atoms with E-state index < -0.39 is 32.1 Å². The summed E-state index contributed by atoms with van der Waals surface area (Å²) >= 11 is 3.14. The van der Waals surface area contributed by atoms with Gasteiger partial charge in [0.2, 0.25) is 0 Å². The molecule has 0 aliphatic heterocycles. The molecule has 207 valence electrons. The van der Waals surface area contributed by atoms with Gasteiger partial charge in [0.25, 0.3) is 11.4 Å². The molecule has 0 atom stereocenters. The molecule has 0 saturated carbocycles. The van der Waals surface area contributed by atoms with Gasteiger partial charge in [-0.25, -0.2) is 9.59 Å². The third-order valence-electron chi connectivity index (χ3n) is 4.38. The molecule has 0 heterocycles. The molecule has 0 fully saturated rings. The molecule has 0 spiro atoms. The number of ether oxygens (including phenoxy) is 4. The Morgan fingerprint density at radius 2 is 1.33 bits per heavy atom. The van der Waals surface area contributed by atoms with Crippen molar-refractivity contribution in [2.24, 2.45) is 4.30 Å². The second kappa shape index (κ2) is 19.0. The molecule has 0 bridgehead atoms. The average molecular weight is 641 g/mol. The SMILES string of the molecule is COC(=O)c1cc([N+](=O)[O-])c(C)cc1OC.COC(=O)c1cc([N+](=O)[O-])c(CBr)cc1OC.[AlH2].[B]=N[S-](=[B])=N. The number of nitrogens with zero attached hydrogens (tertiary/aromatic N) is 3. The molecule has 19 heteroatoms. The van der Waals surface area contributed by atoms with Crippen LogP contribution in [0.4, 0.5) is 11.4 Å². The summed E-state index contributed by atoms with van der Waals surface area (Å²) in [5.41, 5.74) is 0.645. The third kappa shape index (κ3) is 11.7. The van der Waals surface area contributed by atoms with Crippen LogP contribution in [0.15, 0.2) is 28.6 Å². The van der Waals surface area contributed by atoms with E-state index in [9.17, 15) is 29.8 Å². The Morgan fingerprint density at radius 3 is 1.64 bits per heavy atom. The van der Waals surface area contributed by atoms with Crippen molar-refractivity contribution < 1.29 is 38.4 Å². The minimum absolute atomic E-state index is 0. The first-order chi connectivity index (χ1) is 17.8. The number of benzene rings is 2. The van der Waals surface area contributed by atoms with Crippen molar-refractivity contribution >= 4 is 81.3 Å². The normalized spacial score (nSPS) is 9.26. The van der Waals surface area contributed by atoms with Gasteiger partial charge < -0.3 is 18.9 Å². The molecule has 2 aromatic rings. The van der Waals surface area contributed by atoms with Gasteiger partial charge in [-0.2, -0.15) is 0 Å². The standard InChI is InChI=1S/C10H10BrNO5.C10H11NO5.Al.B2HN2S.2H/c1-16-9-3-6(5-11)8(12(14)15)4-7(9)10(13)17-2;1-6-4-9(15-2)7(10(12)16-3)5-8(6)11(13)14;;1-4-5(2)3;;/h3-4H,5H2,1-2H3;4-5H,1-3H3;;3H;;/q;;;-1;;. The number of halogens is 1. The van der Waals surface area contributed by atoms with Gasteiger partial charge in [-0.15, -0.1) is 0 Å². The van der Waals surface area contributed by atoms with E-state index in [4.69, 9.17) is 21.0 Å². The van der Waals surface area contributed by atoms with Gasteiger partial charge in [0.05, 0.1) is 38.3 Å². The average Bonchev–Trinajstić information content (AvgIpc) is 2.91. The van der Waals surface area contributed by atoms with Crippen LogP contribution in [0.2, 0.25) is 0 Å². The molecular formula is C20H24AlB2BrN4O10S-. The number of nitrogens with one attached hydrogen (secondary N) is 1. The summed E-state index contributed by atoms with van der Waals surface area (Å²) in [4.78, 5) is 43.2. The summed E-state index contributed by atoms with van der Waals surface area (Å²) in [6.07, 6.45) is 0. The number of rotatable bonds is 8. The molecule has 1 N–H and O–H groups in total. The predicted molar refractivity (Wildman–Crippen MR) is 152 cm³/mol. The van der Waals surface area contributed by atoms with E-state index in [1.54, 1.807) is 6.92 Å². The van der Waals surface area contributed by atoms with E-state index in [1.165, 1.54) is 40.6 Å². The molecule has 14 nitrogen and oxygen atoms in total. The van der Waals surface area contributed by atoms with Crippen LogP contribution in [0, 0.1) is 31.9 Å². The summed E-state index contributed by atoms with van der Waals surface area (Å²) in [6, 6.07) is 5.19. The Kier molecular flexibility index (Phi) is 18.5. The fourth-order valence-electron chi connectivity index (χ4n) is 2.63. The van der Waals surface area contributed by atoms with Crippen LogP contribution in [0.3, 0.4) is 0 Å². The fourth-order valence-corrected chi connectivity index (χ4v) is 3.08. The number of methoxy groups -OCH3 is 4. The van der Waals surface area contributed by atoms with Gasteiger partial charge in [0, 0.05) is 28.6 Å². The number of carbonyl (C=O) groups is 2. The van der Waals surface area contributed by atoms with Gasteiger partial charge in [-0.05, 0) is 19.1 Å². The molecule has 0 unspecified atom stereocenters. The molecule has 2 rings (SSSR count). The zero-order valence-electron chi connectivity index (χ0n) is 21.9. The van der Waals surface area contributed by atoms with Crippen LogP contribution >= 0.6 is 15.9 Å². The van der Waals surface area contributed by atoms with Crippen LogP contribution in [0.25, 0.3) is 0 Å². The van der Waals surface area contributed by atoms with Gasteiger partial charge >= 0.3 is 45.7 Å². The summed E-state index contributed by atoms with van der Waals surface area (Å²) in [7, 11) is 8.49. The number of esters is 2. The number of carbonyl (C=O) groups excluding carboxylic acids is 2. The number of nitro benzene ring substituents is 2. The quantitative estimate of drug-likeness (QED) is 0.112. The Hall–Kier alpha value is -3.13. The molecule has 0 aliphatic carbocycles. The monoisotopic (exact) mass is 640 g/mol. The molecule has 3 radical (unpaired) electrons. The Balaban J connectivity index is 0. The van der Waals surface area contributed by atoms with Crippen LogP contribution in [0.5, 0.6) is 11.5 Å². The van der Waals surface area contributed by atoms with Crippen molar-refractivity contribution in [3.8, 4) is 11.5 Å². The molecule has 0 aromatic heterocycles. The summed E-state index contributed by atoms with van der Waals surface area (Å²) in [6.45, 7) is 6.27. The first-order valence-corrected chi connectivity index (χ1v) is 12.2. The number of nitro groups is 2. The van der Waals surface area contributed by atoms with E-state index in [2.05, 4.69) is 37.3 Å². The van der Waals surface area contributed by atoms with Crippen LogP contribution in [0.1, 0.15) is 31.8 Å². The van der Waals surface area contributed by atoms with E-state index in [-0.39, 0.29) is 51.4 Å². The minimum atomic E-state index is -1.17. The molecule has 2 aromatic carbocycles. The molecule has 0 saturated heterocycles. The fraction of sp³-hybridized carbons (Fsp3) is 0.300. The number of hydrogen-bond donors (Lipinski definition) is 1.